The lowest BCUT2D eigenvalue weighted by Crippen LogP contribution is -2.45. The molecular weight excluding hydrogens is 190 g/mol. The standard InChI is InChI=1S/C12H17NO2/c13-8-12-7-2-1-4-9(12)5-3-6-10(12)11(14)15/h9-10H,1-7H2,(H,14,15). The Hall–Kier alpha value is -1.04. The third kappa shape index (κ3) is 1.52. The Morgan fingerprint density at radius 3 is 2.67 bits per heavy atom. The number of rotatable bonds is 1. The molecule has 0 spiro atoms. The number of carbonyl (C=O) groups is 1. The highest BCUT2D eigenvalue weighted by molar-refractivity contribution is 5.72. The highest BCUT2D eigenvalue weighted by Gasteiger charge is 2.52. The molecule has 3 heteroatoms. The second-order valence-corrected chi connectivity index (χ2v) is 4.92. The zero-order valence-electron chi connectivity index (χ0n) is 8.91. The first-order valence-electron chi connectivity index (χ1n) is 5.85. The van der Waals surface area contributed by atoms with Crippen molar-refractivity contribution in [2.24, 2.45) is 17.3 Å². The van der Waals surface area contributed by atoms with Gasteiger partial charge in [0.15, 0.2) is 0 Å². The topological polar surface area (TPSA) is 61.1 Å². The zero-order chi connectivity index (χ0) is 10.9. The van der Waals surface area contributed by atoms with E-state index in [1.165, 1.54) is 6.42 Å². The molecule has 0 amide bonds. The Morgan fingerprint density at radius 2 is 2.00 bits per heavy atom. The third-order valence-electron chi connectivity index (χ3n) is 4.29. The van der Waals surface area contributed by atoms with Gasteiger partial charge in [0.2, 0.25) is 0 Å². The van der Waals surface area contributed by atoms with Gasteiger partial charge in [0.1, 0.15) is 0 Å². The lowest BCUT2D eigenvalue weighted by atomic mass is 9.55. The summed E-state index contributed by atoms with van der Waals surface area (Å²) in [7, 11) is 0. The molecule has 0 aromatic heterocycles. The molecule has 0 bridgehead atoms. The minimum atomic E-state index is -0.761. The van der Waals surface area contributed by atoms with Gasteiger partial charge in [0, 0.05) is 0 Å². The third-order valence-corrected chi connectivity index (χ3v) is 4.29. The Labute approximate surface area is 90.1 Å². The molecule has 2 fully saturated rings. The predicted molar refractivity (Wildman–Crippen MR) is 55.0 cm³/mol. The highest BCUT2D eigenvalue weighted by atomic mass is 16.4. The summed E-state index contributed by atoms with van der Waals surface area (Å²) in [5, 5.41) is 18.6. The molecule has 2 rings (SSSR count). The first-order chi connectivity index (χ1) is 7.20. The number of aliphatic carboxylic acids is 1. The van der Waals surface area contributed by atoms with Gasteiger partial charge in [0.05, 0.1) is 17.4 Å². The molecule has 2 aliphatic rings. The molecule has 3 unspecified atom stereocenters. The van der Waals surface area contributed by atoms with Crippen molar-refractivity contribution in [2.75, 3.05) is 0 Å². The predicted octanol–water partition coefficient (Wildman–Crippen LogP) is 2.57. The van der Waals surface area contributed by atoms with Crippen LogP contribution in [0.2, 0.25) is 0 Å². The molecule has 15 heavy (non-hydrogen) atoms. The normalized spacial score (nSPS) is 40.2. The summed E-state index contributed by atoms with van der Waals surface area (Å²) in [6.07, 6.45) is 6.76. The van der Waals surface area contributed by atoms with Gasteiger partial charge < -0.3 is 5.11 Å². The van der Waals surface area contributed by atoms with Crippen LogP contribution in [0.3, 0.4) is 0 Å². The molecule has 3 nitrogen and oxygen atoms in total. The molecule has 3 atom stereocenters. The van der Waals surface area contributed by atoms with Crippen LogP contribution in [-0.2, 0) is 4.79 Å². The lowest BCUT2D eigenvalue weighted by Gasteiger charge is -2.46. The molecule has 0 heterocycles. The molecule has 0 radical (unpaired) electrons. The first kappa shape index (κ1) is 10.5. The average molecular weight is 207 g/mol. The van der Waals surface area contributed by atoms with Crippen molar-refractivity contribution in [1.82, 2.24) is 0 Å². The lowest BCUT2D eigenvalue weighted by molar-refractivity contribution is -0.150. The van der Waals surface area contributed by atoms with Gasteiger partial charge in [-0.15, -0.1) is 0 Å². The van der Waals surface area contributed by atoms with Gasteiger partial charge in [-0.1, -0.05) is 19.3 Å². The minimum absolute atomic E-state index is 0.339. The van der Waals surface area contributed by atoms with Crippen molar-refractivity contribution in [3.8, 4) is 6.07 Å². The minimum Gasteiger partial charge on any atom is -0.481 e. The smallest absolute Gasteiger partial charge is 0.308 e. The van der Waals surface area contributed by atoms with Crippen LogP contribution in [0.15, 0.2) is 0 Å². The van der Waals surface area contributed by atoms with Gasteiger partial charge in [0.25, 0.3) is 0 Å². The maximum absolute atomic E-state index is 11.2. The number of carboxylic acids is 1. The highest BCUT2D eigenvalue weighted by Crippen LogP contribution is 2.53. The van der Waals surface area contributed by atoms with Gasteiger partial charge in [-0.2, -0.15) is 5.26 Å². The summed E-state index contributed by atoms with van der Waals surface area (Å²) >= 11 is 0. The average Bonchev–Trinajstić information content (AvgIpc) is 2.27. The molecule has 0 aromatic rings. The number of hydrogen-bond acceptors (Lipinski definition) is 2. The van der Waals surface area contributed by atoms with Crippen LogP contribution in [0, 0.1) is 28.6 Å². The number of hydrogen-bond donors (Lipinski definition) is 1. The molecule has 1 N–H and O–H groups in total. The maximum atomic E-state index is 11.2. The summed E-state index contributed by atoms with van der Waals surface area (Å²) in [5.74, 6) is -0.837. The molecule has 0 aromatic carbocycles. The van der Waals surface area contributed by atoms with Crippen LogP contribution in [0.5, 0.6) is 0 Å². The number of fused-ring (bicyclic) bond motifs is 1. The van der Waals surface area contributed by atoms with Crippen molar-refractivity contribution in [1.29, 1.82) is 5.26 Å². The fourth-order valence-corrected chi connectivity index (χ4v) is 3.53. The summed E-state index contributed by atoms with van der Waals surface area (Å²) < 4.78 is 0. The summed E-state index contributed by atoms with van der Waals surface area (Å²) in [5.41, 5.74) is -0.539. The second kappa shape index (κ2) is 3.84. The largest absolute Gasteiger partial charge is 0.481 e. The van der Waals surface area contributed by atoms with Crippen molar-refractivity contribution in [2.45, 2.75) is 44.9 Å². The van der Waals surface area contributed by atoms with Crippen LogP contribution in [0.25, 0.3) is 0 Å². The van der Waals surface area contributed by atoms with E-state index in [-0.39, 0.29) is 0 Å². The SMILES string of the molecule is N#CC12CCCCC1CCCC2C(=O)O. The van der Waals surface area contributed by atoms with E-state index in [0.717, 1.165) is 32.1 Å². The monoisotopic (exact) mass is 207 g/mol. The van der Waals surface area contributed by atoms with E-state index in [1.807, 2.05) is 0 Å². The van der Waals surface area contributed by atoms with E-state index < -0.39 is 17.3 Å². The van der Waals surface area contributed by atoms with Crippen LogP contribution >= 0.6 is 0 Å². The van der Waals surface area contributed by atoms with E-state index >= 15 is 0 Å². The molecule has 82 valence electrons. The van der Waals surface area contributed by atoms with Crippen LogP contribution in [-0.4, -0.2) is 11.1 Å². The van der Waals surface area contributed by atoms with Gasteiger partial charge in [-0.3, -0.25) is 4.79 Å². The van der Waals surface area contributed by atoms with Gasteiger partial charge in [-0.25, -0.2) is 0 Å². The Morgan fingerprint density at radius 1 is 1.27 bits per heavy atom. The van der Waals surface area contributed by atoms with Gasteiger partial charge >= 0.3 is 5.97 Å². The van der Waals surface area contributed by atoms with Gasteiger partial charge in [-0.05, 0) is 31.6 Å². The summed E-state index contributed by atoms with van der Waals surface area (Å²) in [6.45, 7) is 0. The number of nitriles is 1. The Balaban J connectivity index is 2.32. The van der Waals surface area contributed by atoms with E-state index in [2.05, 4.69) is 6.07 Å². The first-order valence-corrected chi connectivity index (χ1v) is 5.85. The van der Waals surface area contributed by atoms with Crippen molar-refractivity contribution < 1.29 is 9.90 Å². The fourth-order valence-electron chi connectivity index (χ4n) is 3.53. The zero-order valence-corrected chi connectivity index (χ0v) is 8.91. The Kier molecular flexibility index (Phi) is 2.68. The molecule has 0 saturated heterocycles. The molecule has 2 saturated carbocycles. The van der Waals surface area contributed by atoms with Crippen molar-refractivity contribution in [3.05, 3.63) is 0 Å². The maximum Gasteiger partial charge on any atom is 0.308 e. The summed E-state index contributed by atoms with van der Waals surface area (Å²) in [6, 6.07) is 2.37. The fraction of sp³-hybridized carbons (Fsp3) is 0.833. The van der Waals surface area contributed by atoms with E-state index in [4.69, 9.17) is 0 Å². The van der Waals surface area contributed by atoms with Crippen LogP contribution < -0.4 is 0 Å². The Bertz CT molecular complexity index is 305. The quantitative estimate of drug-likeness (QED) is 0.718. The van der Waals surface area contributed by atoms with E-state index in [0.29, 0.717) is 12.3 Å². The molecular formula is C12H17NO2. The number of nitrogens with zero attached hydrogens (tertiary/aromatic N) is 1. The van der Waals surface area contributed by atoms with Crippen molar-refractivity contribution >= 4 is 5.97 Å². The van der Waals surface area contributed by atoms with Crippen molar-refractivity contribution in [3.63, 3.8) is 0 Å². The summed E-state index contributed by atoms with van der Waals surface area (Å²) in [4.78, 5) is 11.2. The van der Waals surface area contributed by atoms with Crippen LogP contribution in [0.1, 0.15) is 44.9 Å². The number of carboxylic acid groups (broad SMARTS) is 1. The van der Waals surface area contributed by atoms with E-state index in [1.54, 1.807) is 0 Å². The molecule has 0 aliphatic heterocycles. The van der Waals surface area contributed by atoms with E-state index in [9.17, 15) is 15.2 Å². The molecule has 2 aliphatic carbocycles. The second-order valence-electron chi connectivity index (χ2n) is 4.92. The van der Waals surface area contributed by atoms with Crippen LogP contribution in [0.4, 0.5) is 0 Å².